The van der Waals surface area contributed by atoms with Crippen LogP contribution in [0.4, 0.5) is 0 Å². The third kappa shape index (κ3) is 4.45. The summed E-state index contributed by atoms with van der Waals surface area (Å²) in [6.45, 7) is 13.3. The molecule has 0 heterocycles. The van der Waals surface area contributed by atoms with Crippen LogP contribution in [0, 0.1) is 26.7 Å². The molecule has 2 nitrogen and oxygen atoms in total. The Morgan fingerprint density at radius 2 is 1.60 bits per heavy atom. The molecule has 0 radical (unpaired) electrons. The number of benzene rings is 1. The monoisotopic (exact) mass is 275 g/mol. The summed E-state index contributed by atoms with van der Waals surface area (Å²) >= 11 is 0. The van der Waals surface area contributed by atoms with Crippen LogP contribution in [0.5, 0.6) is 0 Å². The number of hydrogen-bond donors (Lipinski definition) is 0. The van der Waals surface area contributed by atoms with Crippen molar-refractivity contribution in [2.45, 2.75) is 54.0 Å². The highest BCUT2D eigenvalue weighted by atomic mass is 16.1. The van der Waals surface area contributed by atoms with Crippen molar-refractivity contribution in [1.82, 2.24) is 4.90 Å². The predicted molar refractivity (Wildman–Crippen MR) is 86.5 cm³/mol. The van der Waals surface area contributed by atoms with Gasteiger partial charge in [-0.3, -0.25) is 9.69 Å². The first kappa shape index (κ1) is 16.9. The molecule has 1 aromatic rings. The highest BCUT2D eigenvalue weighted by Crippen LogP contribution is 2.18. The van der Waals surface area contributed by atoms with Crippen molar-refractivity contribution >= 4 is 5.78 Å². The number of rotatable bonds is 6. The molecule has 0 amide bonds. The van der Waals surface area contributed by atoms with Crippen molar-refractivity contribution in [2.75, 3.05) is 13.6 Å². The number of ketones is 1. The second kappa shape index (κ2) is 7.03. The molecule has 0 spiro atoms. The maximum absolute atomic E-state index is 12.6. The summed E-state index contributed by atoms with van der Waals surface area (Å²) in [5.74, 6) is 0.892. The Bertz CT molecular complexity index is 453. The molecule has 0 aliphatic carbocycles. The van der Waals surface area contributed by atoms with E-state index in [1.165, 1.54) is 5.56 Å². The van der Waals surface area contributed by atoms with Gasteiger partial charge in [-0.25, -0.2) is 0 Å². The molecular formula is C18H29NO. The van der Waals surface area contributed by atoms with Gasteiger partial charge in [0, 0.05) is 11.6 Å². The van der Waals surface area contributed by atoms with E-state index in [1.807, 2.05) is 20.9 Å². The third-order valence-corrected chi connectivity index (χ3v) is 3.91. The van der Waals surface area contributed by atoms with Crippen LogP contribution < -0.4 is 0 Å². The SMILES string of the molecule is Cc1cc(C)c(C(=O)CN(C)C(C)CC(C)C)c(C)c1. The highest BCUT2D eigenvalue weighted by molar-refractivity contribution is 6.00. The molecule has 2 heteroatoms. The van der Waals surface area contributed by atoms with E-state index in [-0.39, 0.29) is 5.78 Å². The van der Waals surface area contributed by atoms with E-state index in [0.717, 1.165) is 23.1 Å². The number of carbonyl (C=O) groups is 1. The Kier molecular flexibility index (Phi) is 5.94. The van der Waals surface area contributed by atoms with Crippen LogP contribution >= 0.6 is 0 Å². The topological polar surface area (TPSA) is 20.3 Å². The molecule has 0 N–H and O–H groups in total. The Morgan fingerprint density at radius 3 is 2.05 bits per heavy atom. The van der Waals surface area contributed by atoms with Gasteiger partial charge >= 0.3 is 0 Å². The number of carbonyl (C=O) groups excluding carboxylic acids is 1. The molecule has 1 rings (SSSR count). The van der Waals surface area contributed by atoms with Crippen LogP contribution in [0.2, 0.25) is 0 Å². The van der Waals surface area contributed by atoms with Gasteiger partial charge in [0.2, 0.25) is 0 Å². The maximum atomic E-state index is 12.6. The van der Waals surface area contributed by atoms with Crippen LogP contribution in [-0.4, -0.2) is 30.3 Å². The van der Waals surface area contributed by atoms with Crippen molar-refractivity contribution in [3.63, 3.8) is 0 Å². The second-order valence-electron chi connectivity index (χ2n) is 6.59. The lowest BCUT2D eigenvalue weighted by Crippen LogP contribution is -2.35. The lowest BCUT2D eigenvalue weighted by atomic mass is 9.96. The van der Waals surface area contributed by atoms with E-state index in [1.54, 1.807) is 0 Å². The summed E-state index contributed by atoms with van der Waals surface area (Å²) in [4.78, 5) is 14.7. The van der Waals surface area contributed by atoms with Gasteiger partial charge < -0.3 is 0 Å². The molecule has 0 aromatic heterocycles. The van der Waals surface area contributed by atoms with Crippen LogP contribution in [0.3, 0.4) is 0 Å². The Morgan fingerprint density at radius 1 is 1.10 bits per heavy atom. The molecule has 112 valence electrons. The Balaban J connectivity index is 2.82. The zero-order chi connectivity index (χ0) is 15.4. The first-order valence-electron chi connectivity index (χ1n) is 7.53. The second-order valence-corrected chi connectivity index (χ2v) is 6.59. The summed E-state index contributed by atoms with van der Waals surface area (Å²) in [7, 11) is 2.05. The van der Waals surface area contributed by atoms with Crippen LogP contribution in [0.15, 0.2) is 12.1 Å². The molecule has 0 aliphatic heterocycles. The quantitative estimate of drug-likeness (QED) is 0.727. The van der Waals surface area contributed by atoms with Gasteiger partial charge in [0.15, 0.2) is 5.78 Å². The smallest absolute Gasteiger partial charge is 0.177 e. The molecule has 1 atom stereocenters. The van der Waals surface area contributed by atoms with Crippen molar-refractivity contribution in [1.29, 1.82) is 0 Å². The molecule has 0 saturated heterocycles. The van der Waals surface area contributed by atoms with E-state index in [4.69, 9.17) is 0 Å². The van der Waals surface area contributed by atoms with Gasteiger partial charge in [-0.1, -0.05) is 31.5 Å². The average molecular weight is 275 g/mol. The molecule has 0 aliphatic rings. The van der Waals surface area contributed by atoms with Gasteiger partial charge in [0.25, 0.3) is 0 Å². The fourth-order valence-electron chi connectivity index (χ4n) is 2.94. The first-order valence-corrected chi connectivity index (χ1v) is 7.53. The zero-order valence-corrected chi connectivity index (χ0v) is 14.1. The summed E-state index contributed by atoms with van der Waals surface area (Å²) in [5, 5.41) is 0. The molecule has 20 heavy (non-hydrogen) atoms. The van der Waals surface area contributed by atoms with Gasteiger partial charge in [0.1, 0.15) is 0 Å². The molecule has 0 bridgehead atoms. The molecule has 1 aromatic carbocycles. The number of nitrogens with zero attached hydrogens (tertiary/aromatic N) is 1. The van der Waals surface area contributed by atoms with E-state index >= 15 is 0 Å². The number of aryl methyl sites for hydroxylation is 3. The molecule has 1 unspecified atom stereocenters. The predicted octanol–water partition coefficient (Wildman–Crippen LogP) is 4.16. The van der Waals surface area contributed by atoms with E-state index in [2.05, 4.69) is 44.7 Å². The fourth-order valence-corrected chi connectivity index (χ4v) is 2.94. The maximum Gasteiger partial charge on any atom is 0.177 e. The normalized spacial score (nSPS) is 13.1. The average Bonchev–Trinajstić information content (AvgIpc) is 2.25. The minimum Gasteiger partial charge on any atom is -0.296 e. The van der Waals surface area contributed by atoms with E-state index in [0.29, 0.717) is 18.5 Å². The zero-order valence-electron chi connectivity index (χ0n) is 14.1. The minimum atomic E-state index is 0.234. The number of likely N-dealkylation sites (N-methyl/N-ethyl adjacent to an activating group) is 1. The summed E-state index contributed by atoms with van der Waals surface area (Å²) in [6.07, 6.45) is 1.12. The first-order chi connectivity index (χ1) is 9.22. The van der Waals surface area contributed by atoms with Gasteiger partial charge in [-0.05, 0) is 58.2 Å². The number of Topliss-reactive ketones (excluding diaryl/α,β-unsaturated/α-hetero) is 1. The largest absolute Gasteiger partial charge is 0.296 e. The lowest BCUT2D eigenvalue weighted by Gasteiger charge is -2.26. The van der Waals surface area contributed by atoms with Crippen molar-refractivity contribution < 1.29 is 4.79 Å². The Hall–Kier alpha value is -1.15. The standard InChI is InChI=1S/C18H29NO/c1-12(2)8-16(6)19(7)11-17(20)18-14(4)9-13(3)10-15(18)5/h9-10,12,16H,8,11H2,1-7H3. The van der Waals surface area contributed by atoms with Gasteiger partial charge in [-0.2, -0.15) is 0 Å². The minimum absolute atomic E-state index is 0.234. The fraction of sp³-hybridized carbons (Fsp3) is 0.611. The van der Waals surface area contributed by atoms with Crippen molar-refractivity contribution in [2.24, 2.45) is 5.92 Å². The van der Waals surface area contributed by atoms with Gasteiger partial charge in [0.05, 0.1) is 6.54 Å². The number of hydrogen-bond acceptors (Lipinski definition) is 2. The van der Waals surface area contributed by atoms with Crippen LogP contribution in [-0.2, 0) is 0 Å². The molecular weight excluding hydrogens is 246 g/mol. The van der Waals surface area contributed by atoms with E-state index < -0.39 is 0 Å². The lowest BCUT2D eigenvalue weighted by molar-refractivity contribution is 0.0915. The van der Waals surface area contributed by atoms with E-state index in [9.17, 15) is 4.79 Å². The van der Waals surface area contributed by atoms with Crippen LogP contribution in [0.25, 0.3) is 0 Å². The van der Waals surface area contributed by atoms with Gasteiger partial charge in [-0.15, -0.1) is 0 Å². The molecule has 0 saturated carbocycles. The highest BCUT2D eigenvalue weighted by Gasteiger charge is 2.18. The molecule has 0 fully saturated rings. The summed E-state index contributed by atoms with van der Waals surface area (Å²) in [6, 6.07) is 4.63. The van der Waals surface area contributed by atoms with Crippen molar-refractivity contribution in [3.05, 3.63) is 34.4 Å². The third-order valence-electron chi connectivity index (χ3n) is 3.91. The van der Waals surface area contributed by atoms with Crippen molar-refractivity contribution in [3.8, 4) is 0 Å². The summed E-state index contributed by atoms with van der Waals surface area (Å²) < 4.78 is 0. The van der Waals surface area contributed by atoms with Crippen LogP contribution in [0.1, 0.15) is 54.2 Å². The summed E-state index contributed by atoms with van der Waals surface area (Å²) in [5.41, 5.74) is 4.31. The Labute approximate surface area is 124 Å².